The maximum absolute atomic E-state index is 4.63. The van der Waals surface area contributed by atoms with Gasteiger partial charge in [0, 0.05) is 57.0 Å². The largest absolute Gasteiger partial charge is 0.355 e. The van der Waals surface area contributed by atoms with Gasteiger partial charge in [0.25, 0.3) is 0 Å². The molecule has 4 nitrogen and oxygen atoms in total. The van der Waals surface area contributed by atoms with Gasteiger partial charge in [-0.3, -0.25) is 0 Å². The fourth-order valence-electron chi connectivity index (χ4n) is 3.45. The van der Waals surface area contributed by atoms with Gasteiger partial charge in [0.1, 0.15) is 0 Å². The second-order valence-electron chi connectivity index (χ2n) is 7.56. The van der Waals surface area contributed by atoms with Crippen LogP contribution in [0.3, 0.4) is 0 Å². The molecule has 3 aromatic heterocycles. The Hall–Kier alpha value is -1.74. The first-order valence-electron chi connectivity index (χ1n) is 10.3. The van der Waals surface area contributed by atoms with E-state index < -0.39 is 0 Å². The number of aromatic amines is 2. The fourth-order valence-corrected chi connectivity index (χ4v) is 5.33. The Morgan fingerprint density at radius 3 is 1.03 bits per heavy atom. The van der Waals surface area contributed by atoms with Crippen LogP contribution in [0.2, 0.25) is 0 Å². The Kier molecular flexibility index (Phi) is 8.68. The number of rotatable bonds is 0. The van der Waals surface area contributed by atoms with Gasteiger partial charge >= 0.3 is 0 Å². The molecule has 0 fully saturated rings. The summed E-state index contributed by atoms with van der Waals surface area (Å²) in [6.07, 6.45) is 8.09. The quantitative estimate of drug-likeness (QED) is 0.0922. The minimum atomic E-state index is 0. The van der Waals surface area contributed by atoms with Gasteiger partial charge in [0.05, 0.1) is 22.8 Å². The number of H-pyrrole nitrogens is 2. The first kappa shape index (κ1) is 26.3. The van der Waals surface area contributed by atoms with Crippen LogP contribution < -0.4 is 0 Å². The summed E-state index contributed by atoms with van der Waals surface area (Å²) >= 11 is 13.6. The van der Waals surface area contributed by atoms with Gasteiger partial charge < -0.3 is 9.97 Å². The molecular weight excluding hydrogens is 744 g/mol. The van der Waals surface area contributed by atoms with Gasteiger partial charge in [-0.05, 0) is 149 Å². The van der Waals surface area contributed by atoms with Gasteiger partial charge in [-0.15, -0.1) is 0 Å². The predicted molar refractivity (Wildman–Crippen MR) is 156 cm³/mol. The molecule has 0 unspecified atom stereocenters. The number of hydrogen-bond donors (Lipinski definition) is 2. The van der Waals surface area contributed by atoms with Crippen molar-refractivity contribution in [1.82, 2.24) is 19.9 Å². The molecule has 1 aromatic carbocycles. The normalized spacial score (nSPS) is 11.5. The van der Waals surface area contributed by atoms with Crippen molar-refractivity contribution in [3.63, 3.8) is 0 Å². The van der Waals surface area contributed by atoms with Crippen LogP contribution in [0.15, 0.2) is 78.6 Å². The minimum Gasteiger partial charge on any atom is -0.355 e. The van der Waals surface area contributed by atoms with E-state index in [1.807, 2.05) is 60.7 Å². The average molecular weight is 760 g/mol. The van der Waals surface area contributed by atoms with E-state index in [2.05, 4.69) is 108 Å². The molecule has 2 aliphatic heterocycles. The summed E-state index contributed by atoms with van der Waals surface area (Å²) in [6.45, 7) is 0. The Labute approximate surface area is 246 Å². The van der Waals surface area contributed by atoms with E-state index in [0.29, 0.717) is 0 Å². The van der Waals surface area contributed by atoms with E-state index in [9.17, 15) is 0 Å². The van der Waals surface area contributed by atoms with E-state index in [1.165, 1.54) is 0 Å². The number of fused-ring (bicyclic) bond motifs is 8. The van der Waals surface area contributed by atoms with Crippen molar-refractivity contribution in [2.45, 2.75) is 0 Å². The summed E-state index contributed by atoms with van der Waals surface area (Å²) in [7, 11) is 0. The molecule has 0 radical (unpaired) electrons. The molecule has 0 spiro atoms. The zero-order chi connectivity index (χ0) is 23.7. The van der Waals surface area contributed by atoms with Crippen molar-refractivity contribution in [3.05, 3.63) is 101 Å². The topological polar surface area (TPSA) is 57.4 Å². The summed E-state index contributed by atoms with van der Waals surface area (Å²) in [5.41, 5.74) is 7.86. The summed E-state index contributed by atoms with van der Waals surface area (Å²) in [5, 5.41) is 0. The smallest absolute Gasteiger partial charge is 0.0658 e. The van der Waals surface area contributed by atoms with Gasteiger partial charge in [0.2, 0.25) is 0 Å². The van der Waals surface area contributed by atoms with E-state index in [1.54, 1.807) is 0 Å². The van der Waals surface area contributed by atoms with Gasteiger partial charge in [-0.2, -0.15) is 0 Å². The van der Waals surface area contributed by atoms with Crippen molar-refractivity contribution in [1.29, 1.82) is 0 Å². The number of aromatic nitrogens is 4. The van der Waals surface area contributed by atoms with Crippen LogP contribution in [0.25, 0.3) is 46.4 Å². The van der Waals surface area contributed by atoms with Crippen molar-refractivity contribution in [3.8, 4) is 0 Å². The summed E-state index contributed by atoms with van der Waals surface area (Å²) in [4.78, 5) is 16.0. The zero-order valence-corrected chi connectivity index (χ0v) is 25.3. The third kappa shape index (κ3) is 6.53. The predicted octanol–water partition coefficient (Wildman–Crippen LogP) is 9.39. The zero-order valence-electron chi connectivity index (χ0n) is 17.8. The Bertz CT molecular complexity index is 1420. The van der Waals surface area contributed by atoms with Crippen molar-refractivity contribution >= 4 is 110 Å². The maximum atomic E-state index is 4.63. The molecule has 0 aliphatic carbocycles. The molecule has 4 aromatic rings. The second kappa shape index (κ2) is 11.5. The standard InChI is InChI=1S/C20H14N4.C6H2Br4.Fe/c1-2-14-10-16-5-6-18(23-16)12-20-8-7-19(24-20)11-17-4-3-15(22-17)9-13(1)21-14;7-3-1-2-4(8)6(10)5(3)9;/h1-12,21,24H;1-2H;. The molecule has 2 aliphatic rings. The number of nitrogens with zero attached hydrogens (tertiary/aromatic N) is 2. The average Bonchev–Trinajstić information content (AvgIpc) is 3.61. The van der Waals surface area contributed by atoms with Gasteiger partial charge in [-0.1, -0.05) is 0 Å². The fraction of sp³-hybridized carbons (Fsp3) is 0. The van der Waals surface area contributed by atoms with Crippen molar-refractivity contribution in [2.24, 2.45) is 0 Å². The van der Waals surface area contributed by atoms with Crippen LogP contribution in [-0.2, 0) is 17.1 Å². The monoisotopic (exact) mass is 756 g/mol. The second-order valence-corrected chi connectivity index (χ2v) is 10.9. The van der Waals surface area contributed by atoms with Crippen LogP contribution in [0.5, 0.6) is 0 Å². The number of benzene rings is 1. The molecule has 0 amide bonds. The van der Waals surface area contributed by atoms with Crippen LogP contribution in [0.1, 0.15) is 22.8 Å². The van der Waals surface area contributed by atoms with Crippen LogP contribution >= 0.6 is 63.7 Å². The third-order valence-corrected chi connectivity index (χ3v) is 9.60. The number of nitrogens with one attached hydrogen (secondary N) is 2. The summed E-state index contributed by atoms with van der Waals surface area (Å²) in [5.74, 6) is 0. The molecule has 0 saturated carbocycles. The molecule has 8 bridgehead atoms. The Morgan fingerprint density at radius 1 is 0.457 bits per heavy atom. The number of halogens is 4. The Morgan fingerprint density at radius 2 is 0.743 bits per heavy atom. The van der Waals surface area contributed by atoms with E-state index >= 15 is 0 Å². The van der Waals surface area contributed by atoms with Crippen LogP contribution in [0.4, 0.5) is 0 Å². The van der Waals surface area contributed by atoms with Crippen molar-refractivity contribution < 1.29 is 17.1 Å². The Balaban J connectivity index is 0.000000224. The van der Waals surface area contributed by atoms with E-state index in [4.69, 9.17) is 0 Å². The van der Waals surface area contributed by atoms with Gasteiger partial charge in [0.15, 0.2) is 0 Å². The summed E-state index contributed by atoms with van der Waals surface area (Å²) < 4.78 is 4.15. The molecular formula is C26H16Br4FeN4. The summed E-state index contributed by atoms with van der Waals surface area (Å²) in [6, 6.07) is 20.3. The minimum absolute atomic E-state index is 0. The molecule has 5 heterocycles. The van der Waals surface area contributed by atoms with E-state index in [0.717, 1.165) is 62.7 Å². The van der Waals surface area contributed by atoms with E-state index in [-0.39, 0.29) is 17.1 Å². The molecule has 9 heteroatoms. The number of hydrogen-bond acceptors (Lipinski definition) is 2. The molecule has 0 saturated heterocycles. The molecule has 2 N–H and O–H groups in total. The van der Waals surface area contributed by atoms with Crippen LogP contribution in [-0.4, -0.2) is 19.9 Å². The van der Waals surface area contributed by atoms with Crippen molar-refractivity contribution in [2.75, 3.05) is 0 Å². The van der Waals surface area contributed by atoms with Crippen LogP contribution in [0, 0.1) is 0 Å². The first-order valence-corrected chi connectivity index (χ1v) is 13.4. The third-order valence-electron chi connectivity index (χ3n) is 5.03. The molecule has 0 atom stereocenters. The first-order chi connectivity index (χ1) is 16.4. The van der Waals surface area contributed by atoms with Gasteiger partial charge in [-0.25, -0.2) is 9.97 Å². The molecule has 35 heavy (non-hydrogen) atoms. The maximum Gasteiger partial charge on any atom is 0.0658 e. The molecule has 176 valence electrons. The SMILES string of the molecule is Brc1ccc(Br)c(Br)c1Br.C1=Cc2cc3ccc(cc4nc(cc5ccc(cc1n2)[nH]5)C=C4)[nH]3.[Fe]. The molecule has 6 rings (SSSR count).